The number of benzene rings is 1. The zero-order chi connectivity index (χ0) is 14.2. The normalized spacial score (nSPS) is 10.8. The van der Waals surface area contributed by atoms with E-state index in [0.29, 0.717) is 12.5 Å². The molecule has 0 aliphatic rings. The molecule has 0 aliphatic heterocycles. The van der Waals surface area contributed by atoms with Gasteiger partial charge in [-0.15, -0.1) is 35.3 Å². The molecule has 6 heteroatoms. The van der Waals surface area contributed by atoms with Crippen LogP contribution in [0.5, 0.6) is 5.75 Å². The van der Waals surface area contributed by atoms with Crippen LogP contribution >= 0.6 is 35.3 Å². The molecule has 114 valence electrons. The summed E-state index contributed by atoms with van der Waals surface area (Å²) in [7, 11) is 1.66. The van der Waals surface area contributed by atoms with Crippen LogP contribution < -0.4 is 15.8 Å². The summed E-state index contributed by atoms with van der Waals surface area (Å²) in [6.45, 7) is 1.31. The first kappa shape index (κ1) is 17.8. The maximum Gasteiger partial charge on any atom is 0.188 e. The molecule has 0 saturated heterocycles. The molecule has 2 aromatic rings. The summed E-state index contributed by atoms with van der Waals surface area (Å²) in [6, 6.07) is 12.0. The van der Waals surface area contributed by atoms with Crippen LogP contribution in [0.4, 0.5) is 0 Å². The summed E-state index contributed by atoms with van der Waals surface area (Å²) < 4.78 is 5.28. The number of aliphatic imine (C=N–C) groups is 1. The third kappa shape index (κ3) is 5.92. The van der Waals surface area contributed by atoms with Gasteiger partial charge >= 0.3 is 0 Å². The zero-order valence-electron chi connectivity index (χ0n) is 11.9. The van der Waals surface area contributed by atoms with Gasteiger partial charge in [0.25, 0.3) is 0 Å². The van der Waals surface area contributed by atoms with Gasteiger partial charge < -0.3 is 15.8 Å². The van der Waals surface area contributed by atoms with Crippen molar-refractivity contribution in [3.8, 4) is 5.75 Å². The van der Waals surface area contributed by atoms with Gasteiger partial charge in [-0.3, -0.25) is 0 Å². The summed E-state index contributed by atoms with van der Waals surface area (Å²) in [4.78, 5) is 5.67. The second-order valence-electron chi connectivity index (χ2n) is 4.27. The Hall–Kier alpha value is -1.28. The van der Waals surface area contributed by atoms with E-state index in [1.165, 1.54) is 4.88 Å². The summed E-state index contributed by atoms with van der Waals surface area (Å²) in [5, 5.41) is 5.20. The molecule has 0 atom stereocenters. The number of nitrogens with two attached hydrogens (primary N) is 1. The number of ether oxygens (including phenoxy) is 1. The molecule has 0 amide bonds. The van der Waals surface area contributed by atoms with E-state index in [1.54, 1.807) is 18.4 Å². The van der Waals surface area contributed by atoms with Crippen molar-refractivity contribution in [1.82, 2.24) is 5.32 Å². The molecule has 0 fully saturated rings. The van der Waals surface area contributed by atoms with Crippen LogP contribution in [0.3, 0.4) is 0 Å². The van der Waals surface area contributed by atoms with Gasteiger partial charge in [-0.1, -0.05) is 24.3 Å². The molecule has 4 nitrogen and oxygen atoms in total. The zero-order valence-corrected chi connectivity index (χ0v) is 15.1. The van der Waals surface area contributed by atoms with Crippen molar-refractivity contribution < 1.29 is 4.74 Å². The van der Waals surface area contributed by atoms with Crippen molar-refractivity contribution >= 4 is 41.3 Å². The lowest BCUT2D eigenvalue weighted by molar-refractivity contribution is 0.410. The molecule has 0 radical (unpaired) electrons. The summed E-state index contributed by atoms with van der Waals surface area (Å²) >= 11 is 1.75. The SMILES string of the molecule is COc1ccccc1CN=C(N)NCCc1cccs1.I. The summed E-state index contributed by atoms with van der Waals surface area (Å²) in [6.07, 6.45) is 0.961. The van der Waals surface area contributed by atoms with E-state index in [2.05, 4.69) is 27.8 Å². The predicted molar refractivity (Wildman–Crippen MR) is 99.8 cm³/mol. The van der Waals surface area contributed by atoms with Crippen molar-refractivity contribution in [1.29, 1.82) is 0 Å². The topological polar surface area (TPSA) is 59.6 Å². The fourth-order valence-corrected chi connectivity index (χ4v) is 2.54. The van der Waals surface area contributed by atoms with Gasteiger partial charge in [0.05, 0.1) is 13.7 Å². The van der Waals surface area contributed by atoms with Gasteiger partial charge in [-0.25, -0.2) is 4.99 Å². The average Bonchev–Trinajstić information content (AvgIpc) is 2.98. The van der Waals surface area contributed by atoms with E-state index in [0.717, 1.165) is 24.3 Å². The standard InChI is InChI=1S/C15H19N3OS.HI/c1-19-14-7-3-2-5-12(14)11-18-15(16)17-9-8-13-6-4-10-20-13;/h2-7,10H,8-9,11H2,1H3,(H3,16,17,18);1H. The van der Waals surface area contributed by atoms with Crippen molar-refractivity contribution in [2.24, 2.45) is 10.7 Å². The Morgan fingerprint density at radius 2 is 2.10 bits per heavy atom. The number of methoxy groups -OCH3 is 1. The van der Waals surface area contributed by atoms with E-state index in [4.69, 9.17) is 10.5 Å². The minimum absolute atomic E-state index is 0. The molecule has 21 heavy (non-hydrogen) atoms. The largest absolute Gasteiger partial charge is 0.496 e. The number of guanidine groups is 1. The van der Waals surface area contributed by atoms with Gasteiger partial charge in [0.2, 0.25) is 0 Å². The fraction of sp³-hybridized carbons (Fsp3) is 0.267. The second-order valence-corrected chi connectivity index (χ2v) is 5.30. The number of hydrogen-bond acceptors (Lipinski definition) is 3. The van der Waals surface area contributed by atoms with E-state index in [1.807, 2.05) is 24.3 Å². The van der Waals surface area contributed by atoms with Crippen LogP contribution in [0.1, 0.15) is 10.4 Å². The molecular weight excluding hydrogens is 397 g/mol. The molecule has 0 spiro atoms. The van der Waals surface area contributed by atoms with Crippen molar-refractivity contribution in [3.63, 3.8) is 0 Å². The van der Waals surface area contributed by atoms with Gasteiger partial charge in [-0.05, 0) is 23.9 Å². The quantitative estimate of drug-likeness (QED) is 0.432. The first-order valence-electron chi connectivity index (χ1n) is 6.47. The summed E-state index contributed by atoms with van der Waals surface area (Å²) in [5.74, 6) is 1.30. The Morgan fingerprint density at radius 1 is 1.29 bits per heavy atom. The van der Waals surface area contributed by atoms with Crippen LogP contribution in [-0.2, 0) is 13.0 Å². The van der Waals surface area contributed by atoms with Crippen molar-refractivity contribution in [2.45, 2.75) is 13.0 Å². The molecule has 0 aliphatic carbocycles. The van der Waals surface area contributed by atoms with Crippen LogP contribution in [0.15, 0.2) is 46.8 Å². The molecule has 0 unspecified atom stereocenters. The number of nitrogens with one attached hydrogen (secondary N) is 1. The molecule has 0 bridgehead atoms. The highest BCUT2D eigenvalue weighted by Gasteiger charge is 2.00. The number of nitrogens with zero attached hydrogens (tertiary/aromatic N) is 1. The van der Waals surface area contributed by atoms with E-state index < -0.39 is 0 Å². The minimum Gasteiger partial charge on any atom is -0.496 e. The molecule has 1 aromatic heterocycles. The Balaban J connectivity index is 0.00000220. The Bertz CT molecular complexity index is 558. The lowest BCUT2D eigenvalue weighted by Gasteiger charge is -2.07. The Labute approximate surface area is 146 Å². The Morgan fingerprint density at radius 3 is 2.81 bits per heavy atom. The van der Waals surface area contributed by atoms with Gasteiger partial charge in [0, 0.05) is 17.0 Å². The fourth-order valence-electron chi connectivity index (χ4n) is 1.83. The van der Waals surface area contributed by atoms with Gasteiger partial charge in [-0.2, -0.15) is 0 Å². The first-order chi connectivity index (χ1) is 9.79. The molecule has 0 saturated carbocycles. The first-order valence-corrected chi connectivity index (χ1v) is 7.35. The van der Waals surface area contributed by atoms with Crippen LogP contribution in [-0.4, -0.2) is 19.6 Å². The van der Waals surface area contributed by atoms with E-state index in [-0.39, 0.29) is 24.0 Å². The van der Waals surface area contributed by atoms with Crippen molar-refractivity contribution in [2.75, 3.05) is 13.7 Å². The highest BCUT2D eigenvalue weighted by molar-refractivity contribution is 14.0. The predicted octanol–water partition coefficient (Wildman–Crippen LogP) is 3.02. The maximum atomic E-state index is 5.85. The molecule has 1 heterocycles. The van der Waals surface area contributed by atoms with Gasteiger partial charge in [0.1, 0.15) is 5.75 Å². The Kier molecular flexibility index (Phi) is 8.14. The third-order valence-electron chi connectivity index (χ3n) is 2.87. The second kappa shape index (κ2) is 9.62. The molecule has 3 N–H and O–H groups in total. The highest BCUT2D eigenvalue weighted by Crippen LogP contribution is 2.17. The van der Waals surface area contributed by atoms with E-state index in [9.17, 15) is 0 Å². The maximum absolute atomic E-state index is 5.85. The monoisotopic (exact) mass is 417 g/mol. The van der Waals surface area contributed by atoms with Crippen LogP contribution in [0, 0.1) is 0 Å². The van der Waals surface area contributed by atoms with E-state index >= 15 is 0 Å². The van der Waals surface area contributed by atoms with Crippen LogP contribution in [0.25, 0.3) is 0 Å². The number of rotatable bonds is 6. The lowest BCUT2D eigenvalue weighted by Crippen LogP contribution is -2.33. The number of hydrogen-bond donors (Lipinski definition) is 2. The smallest absolute Gasteiger partial charge is 0.188 e. The number of halogens is 1. The van der Waals surface area contributed by atoms with Gasteiger partial charge in [0.15, 0.2) is 5.96 Å². The third-order valence-corrected chi connectivity index (χ3v) is 3.81. The number of thiophene rings is 1. The average molecular weight is 417 g/mol. The minimum atomic E-state index is 0. The molecule has 1 aromatic carbocycles. The number of para-hydroxylation sites is 1. The molecular formula is C15H20IN3OS. The van der Waals surface area contributed by atoms with Crippen LogP contribution in [0.2, 0.25) is 0 Å². The summed E-state index contributed by atoms with van der Waals surface area (Å²) in [5.41, 5.74) is 6.88. The highest BCUT2D eigenvalue weighted by atomic mass is 127. The van der Waals surface area contributed by atoms with Crippen molar-refractivity contribution in [3.05, 3.63) is 52.2 Å². The lowest BCUT2D eigenvalue weighted by atomic mass is 10.2. The molecule has 2 rings (SSSR count).